The van der Waals surface area contributed by atoms with Crippen molar-refractivity contribution in [3.63, 3.8) is 0 Å². The first-order chi connectivity index (χ1) is 14.6. The molecule has 0 bridgehead atoms. The number of unbranched alkanes of at least 4 members (excludes halogenated alkanes) is 1. The van der Waals surface area contributed by atoms with Crippen LogP contribution in [0.15, 0.2) is 27.0 Å². The highest BCUT2D eigenvalue weighted by atomic mass is 32.2. The number of nitrogens with one attached hydrogen (secondary N) is 1. The molecule has 31 heavy (non-hydrogen) atoms. The van der Waals surface area contributed by atoms with Crippen LogP contribution in [0.1, 0.15) is 38.8 Å². The van der Waals surface area contributed by atoms with Crippen LogP contribution >= 0.6 is 11.8 Å². The topological polar surface area (TPSA) is 127 Å². The van der Waals surface area contributed by atoms with Crippen molar-refractivity contribution in [3.8, 4) is 0 Å². The van der Waals surface area contributed by atoms with Gasteiger partial charge in [-0.3, -0.25) is 19.1 Å². The zero-order valence-electron chi connectivity index (χ0n) is 17.0. The lowest BCUT2D eigenvalue weighted by molar-refractivity contribution is -0.141. The predicted molar refractivity (Wildman–Crippen MR) is 111 cm³/mol. The number of hydrogen-bond acceptors (Lipinski definition) is 7. The van der Waals surface area contributed by atoms with Crippen molar-refractivity contribution in [2.24, 2.45) is 0 Å². The van der Waals surface area contributed by atoms with E-state index in [0.717, 1.165) is 17.2 Å². The average Bonchev–Trinajstić information content (AvgIpc) is 2.71. The summed E-state index contributed by atoms with van der Waals surface area (Å²) in [7, 11) is 0. The van der Waals surface area contributed by atoms with Gasteiger partial charge in [0, 0.05) is 19.3 Å². The van der Waals surface area contributed by atoms with Gasteiger partial charge in [0.15, 0.2) is 10.8 Å². The number of amides is 1. The molecule has 0 spiro atoms. The van der Waals surface area contributed by atoms with E-state index in [1.807, 2.05) is 13.8 Å². The van der Waals surface area contributed by atoms with Gasteiger partial charge in [-0.15, -0.1) is 0 Å². The minimum Gasteiger partial charge on any atom is -0.383 e. The number of halogens is 3. The van der Waals surface area contributed by atoms with E-state index in [2.05, 4.69) is 15.0 Å². The Labute approximate surface area is 179 Å². The SMILES string of the molecule is CCCCN(C(=O)CSc1nccc(C(F)(F)F)n1)c1c(N)n(CCC)c(=O)[nH]c1=O. The highest BCUT2D eigenvalue weighted by Crippen LogP contribution is 2.28. The van der Waals surface area contributed by atoms with E-state index >= 15 is 0 Å². The molecule has 0 aliphatic rings. The van der Waals surface area contributed by atoms with Crippen LogP contribution in [-0.4, -0.2) is 37.7 Å². The second kappa shape index (κ2) is 10.5. The van der Waals surface area contributed by atoms with E-state index in [1.54, 1.807) is 0 Å². The Morgan fingerprint density at radius 2 is 2.00 bits per heavy atom. The number of nitrogens with zero attached hydrogens (tertiary/aromatic N) is 4. The number of thioether (sulfide) groups is 1. The van der Waals surface area contributed by atoms with Gasteiger partial charge in [-0.25, -0.2) is 14.8 Å². The number of rotatable bonds is 9. The Kier molecular flexibility index (Phi) is 8.25. The summed E-state index contributed by atoms with van der Waals surface area (Å²) in [5.41, 5.74) is 3.29. The van der Waals surface area contributed by atoms with E-state index in [1.165, 1.54) is 4.57 Å². The smallest absolute Gasteiger partial charge is 0.383 e. The Bertz CT molecular complexity index is 1040. The molecule has 2 aromatic rings. The fraction of sp³-hybridized carbons (Fsp3) is 0.500. The summed E-state index contributed by atoms with van der Waals surface area (Å²) in [4.78, 5) is 47.9. The van der Waals surface area contributed by atoms with Gasteiger partial charge in [0.25, 0.3) is 5.56 Å². The lowest BCUT2D eigenvalue weighted by atomic mass is 10.2. The highest BCUT2D eigenvalue weighted by Gasteiger charge is 2.33. The summed E-state index contributed by atoms with van der Waals surface area (Å²) in [6, 6.07) is 0.733. The molecule has 1 amide bonds. The number of H-pyrrole nitrogens is 1. The molecule has 13 heteroatoms. The van der Waals surface area contributed by atoms with E-state index in [-0.39, 0.29) is 35.5 Å². The van der Waals surface area contributed by atoms with Crippen molar-refractivity contribution in [1.29, 1.82) is 0 Å². The lowest BCUT2D eigenvalue weighted by Crippen LogP contribution is -2.42. The van der Waals surface area contributed by atoms with Crippen LogP contribution in [-0.2, 0) is 17.5 Å². The third-order valence-electron chi connectivity index (χ3n) is 4.22. The standard InChI is InChI=1S/C18H23F3N6O3S/c1-3-5-9-26(13-14(22)27(8-4-2)17(30)25-15(13)29)12(28)10-31-16-23-7-6-11(24-16)18(19,20)21/h6-7H,3-5,8-10,22H2,1-2H3,(H,25,29,30). The molecule has 0 saturated carbocycles. The Morgan fingerprint density at radius 3 is 2.61 bits per heavy atom. The van der Waals surface area contributed by atoms with Crippen LogP contribution in [0.4, 0.5) is 24.7 Å². The average molecular weight is 460 g/mol. The van der Waals surface area contributed by atoms with Crippen LogP contribution < -0.4 is 21.9 Å². The van der Waals surface area contributed by atoms with Gasteiger partial charge in [-0.2, -0.15) is 13.2 Å². The molecule has 0 unspecified atom stereocenters. The second-order valence-corrected chi connectivity index (χ2v) is 7.50. The number of nitrogen functional groups attached to an aromatic ring is 1. The van der Waals surface area contributed by atoms with Gasteiger partial charge in [-0.1, -0.05) is 32.0 Å². The van der Waals surface area contributed by atoms with Gasteiger partial charge >= 0.3 is 11.9 Å². The maximum absolute atomic E-state index is 12.9. The Hall–Kier alpha value is -2.83. The largest absolute Gasteiger partial charge is 0.433 e. The molecular formula is C18H23F3N6O3S. The minimum atomic E-state index is -4.63. The number of carbonyl (C=O) groups is 1. The summed E-state index contributed by atoms with van der Waals surface area (Å²) in [6.07, 6.45) is -1.85. The summed E-state index contributed by atoms with van der Waals surface area (Å²) in [5, 5.41) is -0.226. The normalized spacial score (nSPS) is 11.5. The first kappa shape index (κ1) is 24.4. The van der Waals surface area contributed by atoms with E-state index in [0.29, 0.717) is 31.0 Å². The number of aromatic amines is 1. The Balaban J connectivity index is 2.33. The molecule has 9 nitrogen and oxygen atoms in total. The molecule has 2 rings (SSSR count). The van der Waals surface area contributed by atoms with Crippen molar-refractivity contribution in [3.05, 3.63) is 38.8 Å². The molecule has 2 aromatic heterocycles. The molecule has 0 radical (unpaired) electrons. The van der Waals surface area contributed by atoms with Crippen LogP contribution in [0, 0.1) is 0 Å². The van der Waals surface area contributed by atoms with Gasteiger partial charge in [0.1, 0.15) is 11.5 Å². The molecular weight excluding hydrogens is 437 g/mol. The summed E-state index contributed by atoms with van der Waals surface area (Å²) in [5.74, 6) is -1.03. The third-order valence-corrected chi connectivity index (χ3v) is 5.06. The van der Waals surface area contributed by atoms with Gasteiger partial charge in [-0.05, 0) is 18.9 Å². The van der Waals surface area contributed by atoms with Crippen LogP contribution in [0.25, 0.3) is 0 Å². The van der Waals surface area contributed by atoms with E-state index < -0.39 is 29.0 Å². The van der Waals surface area contributed by atoms with E-state index in [4.69, 9.17) is 5.73 Å². The maximum atomic E-state index is 12.9. The number of alkyl halides is 3. The van der Waals surface area contributed by atoms with Gasteiger partial charge < -0.3 is 10.6 Å². The predicted octanol–water partition coefficient (Wildman–Crippen LogP) is 2.26. The molecule has 0 aliphatic heterocycles. The van der Waals surface area contributed by atoms with Crippen LogP contribution in [0.2, 0.25) is 0 Å². The Morgan fingerprint density at radius 1 is 1.29 bits per heavy atom. The van der Waals surface area contributed by atoms with Crippen LogP contribution in [0.3, 0.4) is 0 Å². The number of carbonyl (C=O) groups excluding carboxylic acids is 1. The molecule has 0 aliphatic carbocycles. The first-order valence-electron chi connectivity index (χ1n) is 9.56. The van der Waals surface area contributed by atoms with Crippen molar-refractivity contribution in [2.45, 2.75) is 51.0 Å². The fourth-order valence-electron chi connectivity index (χ4n) is 2.73. The second-order valence-electron chi connectivity index (χ2n) is 6.55. The third kappa shape index (κ3) is 6.09. The fourth-order valence-corrected chi connectivity index (χ4v) is 3.44. The quantitative estimate of drug-likeness (QED) is 0.434. The molecule has 0 fully saturated rings. The highest BCUT2D eigenvalue weighted by molar-refractivity contribution is 7.99. The lowest BCUT2D eigenvalue weighted by Gasteiger charge is -2.24. The number of aromatic nitrogens is 4. The molecule has 3 N–H and O–H groups in total. The zero-order chi connectivity index (χ0) is 23.2. The molecule has 170 valence electrons. The summed E-state index contributed by atoms with van der Waals surface area (Å²) < 4.78 is 39.6. The zero-order valence-corrected chi connectivity index (χ0v) is 17.8. The summed E-state index contributed by atoms with van der Waals surface area (Å²) >= 11 is 0.710. The number of anilines is 2. The monoisotopic (exact) mass is 460 g/mol. The maximum Gasteiger partial charge on any atom is 0.433 e. The van der Waals surface area contributed by atoms with Crippen molar-refractivity contribution in [1.82, 2.24) is 19.5 Å². The first-order valence-corrected chi connectivity index (χ1v) is 10.5. The molecule has 2 heterocycles. The van der Waals surface area contributed by atoms with Crippen molar-refractivity contribution < 1.29 is 18.0 Å². The van der Waals surface area contributed by atoms with Gasteiger partial charge in [0.2, 0.25) is 5.91 Å². The molecule has 0 aromatic carbocycles. The molecule has 0 saturated heterocycles. The van der Waals surface area contributed by atoms with Crippen molar-refractivity contribution >= 4 is 29.2 Å². The van der Waals surface area contributed by atoms with Gasteiger partial charge in [0.05, 0.1) is 5.75 Å². The molecule has 0 atom stereocenters. The number of nitrogens with two attached hydrogens (primary N) is 1. The summed E-state index contributed by atoms with van der Waals surface area (Å²) in [6.45, 7) is 4.11. The van der Waals surface area contributed by atoms with Crippen LogP contribution in [0.5, 0.6) is 0 Å². The van der Waals surface area contributed by atoms with Crippen molar-refractivity contribution in [2.75, 3.05) is 22.9 Å². The minimum absolute atomic E-state index is 0.139. The number of hydrogen-bond donors (Lipinski definition) is 2. The van der Waals surface area contributed by atoms with E-state index in [9.17, 15) is 27.6 Å².